The molecule has 0 aliphatic heterocycles. The molecular weight excluding hydrogens is 586 g/mol. The van der Waals surface area contributed by atoms with E-state index < -0.39 is 0 Å². The van der Waals surface area contributed by atoms with Gasteiger partial charge in [-0.3, -0.25) is 0 Å². The first-order chi connectivity index (χ1) is 13.8. The van der Waals surface area contributed by atoms with Crippen molar-refractivity contribution in [3.63, 3.8) is 0 Å². The molecule has 8 heteroatoms. The SMILES string of the molecule is [Cr+6].[Cr+6].[N-]=O.[N-]=O.[SeH]c1ccccc1.[SeH]c1ccccc1.c1cc[cH-]c1.c1cc[cH-]c1. The van der Waals surface area contributed by atoms with Crippen LogP contribution in [0.4, 0.5) is 0 Å². The third-order valence-corrected chi connectivity index (χ3v) is 3.87. The Morgan fingerprint density at radius 2 is 0.700 bits per heavy atom. The number of nitrogens with zero attached hydrogens (tertiary/aromatic N) is 2. The van der Waals surface area contributed by atoms with Gasteiger partial charge in [-0.1, -0.05) is 0 Å². The van der Waals surface area contributed by atoms with Crippen LogP contribution in [0.2, 0.25) is 0 Å². The molecule has 0 atom stereocenters. The van der Waals surface area contributed by atoms with E-state index in [9.17, 15) is 0 Å². The number of nitroso groups, excluding NO2 is 2. The number of hydrogen-bond acceptors (Lipinski definition) is 2. The summed E-state index contributed by atoms with van der Waals surface area (Å²) in [6.45, 7) is 0. The van der Waals surface area contributed by atoms with Gasteiger partial charge in [-0.25, -0.2) is 24.3 Å². The fourth-order valence-corrected chi connectivity index (χ4v) is 2.22. The molecule has 0 bridgehead atoms. The van der Waals surface area contributed by atoms with Crippen LogP contribution >= 0.6 is 0 Å². The molecule has 0 spiro atoms. The molecule has 0 radical (unpaired) electrons. The molecule has 4 nitrogen and oxygen atoms in total. The summed E-state index contributed by atoms with van der Waals surface area (Å²) in [5.41, 5.74) is 11.5. The standard InChI is InChI=1S/2C6H6Se.2C5H5.2Cr.2NO/c2*7-6-4-2-1-3-5-6;2*1-2-4-5-3-1;;;2*1-2/h2*1-5,7H;2*1-5H;;;;/q;;2*-1;2*+6;2*-1. The molecule has 0 amide bonds. The van der Waals surface area contributed by atoms with Gasteiger partial charge in [-0.15, -0.1) is 0 Å². The molecule has 0 heterocycles. The van der Waals surface area contributed by atoms with Crippen LogP contribution in [0, 0.1) is 9.81 Å². The smallest absolute Gasteiger partial charge is 0.172 e. The van der Waals surface area contributed by atoms with Gasteiger partial charge in [0.05, 0.1) is 0 Å². The van der Waals surface area contributed by atoms with Crippen LogP contribution in [0.1, 0.15) is 0 Å². The summed E-state index contributed by atoms with van der Waals surface area (Å²) in [6.07, 6.45) is 0. The van der Waals surface area contributed by atoms with Crippen molar-refractivity contribution in [2.45, 2.75) is 0 Å². The Labute approximate surface area is 216 Å². The molecule has 0 unspecified atom stereocenters. The van der Waals surface area contributed by atoms with E-state index in [1.54, 1.807) is 0 Å². The minimum atomic E-state index is 0. The normalized spacial score (nSPS) is 7.00. The Hall–Kier alpha value is -1.56. The van der Waals surface area contributed by atoms with Crippen LogP contribution < -0.4 is 8.92 Å². The van der Waals surface area contributed by atoms with E-state index in [1.165, 1.54) is 8.92 Å². The van der Waals surface area contributed by atoms with Gasteiger partial charge in [0.2, 0.25) is 0 Å². The largest absolute Gasteiger partial charge is 0.214 e. The summed E-state index contributed by atoms with van der Waals surface area (Å²) in [5.74, 6) is 0. The molecule has 4 aromatic rings. The molecule has 0 N–H and O–H groups in total. The minimum absolute atomic E-state index is 0. The van der Waals surface area contributed by atoms with Gasteiger partial charge in [0.1, 0.15) is 0 Å². The van der Waals surface area contributed by atoms with Crippen LogP contribution in [0.15, 0.2) is 121 Å². The Balaban J connectivity index is -0.000000140. The predicted molar refractivity (Wildman–Crippen MR) is 124 cm³/mol. The predicted octanol–water partition coefficient (Wildman–Crippen LogP) is 3.88. The molecule has 0 aliphatic carbocycles. The summed E-state index contributed by atoms with van der Waals surface area (Å²) in [7, 11) is 0. The van der Waals surface area contributed by atoms with Crippen molar-refractivity contribution >= 4 is 40.9 Å². The van der Waals surface area contributed by atoms with E-state index in [4.69, 9.17) is 21.0 Å². The molecule has 0 saturated heterocycles. The average Bonchev–Trinajstić information content (AvgIpc) is 3.52. The summed E-state index contributed by atoms with van der Waals surface area (Å²) in [6, 6.07) is 40.3. The van der Waals surface area contributed by atoms with E-state index in [2.05, 4.69) is 56.3 Å². The van der Waals surface area contributed by atoms with Crippen LogP contribution in [0.5, 0.6) is 0 Å². The Morgan fingerprint density at radius 1 is 0.467 bits per heavy atom. The fraction of sp³-hybridized carbons (Fsp3) is 0. The Morgan fingerprint density at radius 3 is 0.800 bits per heavy atom. The Kier molecular flexibility index (Phi) is 38.4. The number of benzene rings is 2. The van der Waals surface area contributed by atoms with Gasteiger partial charge < -0.3 is 21.0 Å². The molecule has 0 saturated carbocycles. The summed E-state index contributed by atoms with van der Waals surface area (Å²) in [4.78, 5) is 14.5. The van der Waals surface area contributed by atoms with Crippen LogP contribution in [0.3, 0.4) is 0 Å². The second-order valence-corrected chi connectivity index (χ2v) is 6.76. The van der Waals surface area contributed by atoms with Crippen molar-refractivity contribution in [3.8, 4) is 0 Å². The first kappa shape index (κ1) is 35.9. The van der Waals surface area contributed by atoms with Crippen LogP contribution in [-0.4, -0.2) is 32.0 Å². The van der Waals surface area contributed by atoms with Gasteiger partial charge in [0.25, 0.3) is 0 Å². The molecule has 30 heavy (non-hydrogen) atoms. The first-order valence-electron chi connectivity index (χ1n) is 7.97. The van der Waals surface area contributed by atoms with Crippen molar-refractivity contribution in [1.82, 2.24) is 0 Å². The second-order valence-electron chi connectivity index (χ2n) is 4.60. The zero-order valence-corrected chi connectivity index (χ0v) is 22.3. The van der Waals surface area contributed by atoms with Gasteiger partial charge >= 0.3 is 136 Å². The number of hydrogen-bond donors (Lipinski definition) is 0. The average molecular weight is 608 g/mol. The monoisotopic (exact) mass is 610 g/mol. The quantitative estimate of drug-likeness (QED) is 0.225. The third-order valence-electron chi connectivity index (χ3n) is 2.62. The second kappa shape index (κ2) is 32.1. The summed E-state index contributed by atoms with van der Waals surface area (Å²) < 4.78 is 2.52. The maximum Gasteiger partial charge on any atom is -0.172 e. The summed E-state index contributed by atoms with van der Waals surface area (Å²) in [5, 5.41) is 0. The fourth-order valence-electron chi connectivity index (χ4n) is 1.50. The molecule has 4 aromatic carbocycles. The Bertz CT molecular complexity index is 630. The molecular formula is C22H22Cr2N2O2Se2+8. The van der Waals surface area contributed by atoms with Gasteiger partial charge in [-0.05, 0) is 0 Å². The molecule has 4 rings (SSSR count). The topological polar surface area (TPSA) is 78.7 Å². The van der Waals surface area contributed by atoms with Crippen LogP contribution in [0.25, 0.3) is 11.2 Å². The zero-order valence-electron chi connectivity index (χ0n) is 16.0. The summed E-state index contributed by atoms with van der Waals surface area (Å²) >= 11 is 4.99. The molecule has 148 valence electrons. The maximum absolute atomic E-state index is 7.25. The van der Waals surface area contributed by atoms with E-state index in [1.807, 2.05) is 97.1 Å². The van der Waals surface area contributed by atoms with E-state index in [0.717, 1.165) is 0 Å². The molecule has 0 fully saturated rings. The first-order valence-corrected chi connectivity index (χ1v) is 9.84. The van der Waals surface area contributed by atoms with E-state index in [-0.39, 0.29) is 34.7 Å². The van der Waals surface area contributed by atoms with E-state index in [0.29, 0.717) is 0 Å². The van der Waals surface area contributed by atoms with Crippen LogP contribution in [-0.2, 0) is 34.7 Å². The van der Waals surface area contributed by atoms with Gasteiger partial charge in [0.15, 0.2) is 0 Å². The molecule has 0 aliphatic rings. The van der Waals surface area contributed by atoms with Gasteiger partial charge in [0, 0.05) is 0 Å². The van der Waals surface area contributed by atoms with Crippen molar-refractivity contribution < 1.29 is 34.7 Å². The molecule has 0 aromatic heterocycles. The van der Waals surface area contributed by atoms with Crippen molar-refractivity contribution in [2.24, 2.45) is 0 Å². The van der Waals surface area contributed by atoms with Crippen molar-refractivity contribution in [3.05, 3.63) is 142 Å². The van der Waals surface area contributed by atoms with Crippen molar-refractivity contribution in [2.75, 3.05) is 0 Å². The third kappa shape index (κ3) is 28.7. The number of rotatable bonds is 0. The maximum atomic E-state index is 7.25. The van der Waals surface area contributed by atoms with Crippen molar-refractivity contribution in [1.29, 1.82) is 0 Å². The van der Waals surface area contributed by atoms with E-state index >= 15 is 0 Å². The minimum Gasteiger partial charge on any atom is -0.214 e. The zero-order chi connectivity index (χ0) is 21.3. The van der Waals surface area contributed by atoms with Gasteiger partial charge in [-0.2, -0.15) is 36.4 Å².